The molecule has 0 aliphatic carbocycles. The van der Waals surface area contributed by atoms with E-state index in [1.807, 2.05) is 24.3 Å². The van der Waals surface area contributed by atoms with Crippen LogP contribution >= 0.6 is 0 Å². The van der Waals surface area contributed by atoms with E-state index in [2.05, 4.69) is 10.1 Å². The Kier molecular flexibility index (Phi) is 2.76. The molecule has 0 atom stereocenters. The van der Waals surface area contributed by atoms with Gasteiger partial charge in [0.15, 0.2) is 5.82 Å². The predicted molar refractivity (Wildman–Crippen MR) is 61.2 cm³/mol. The van der Waals surface area contributed by atoms with Crippen LogP contribution in [0.25, 0.3) is 0 Å². The topological polar surface area (TPSA) is 66.0 Å². The summed E-state index contributed by atoms with van der Waals surface area (Å²) in [5.74, 6) is 1.98. The molecule has 0 bridgehead atoms. The van der Waals surface area contributed by atoms with Crippen LogP contribution in [0.4, 0.5) is 5.95 Å². The first-order chi connectivity index (χ1) is 7.69. The van der Waals surface area contributed by atoms with Crippen molar-refractivity contribution in [2.45, 2.75) is 6.42 Å². The van der Waals surface area contributed by atoms with Gasteiger partial charge in [0.2, 0.25) is 5.95 Å². The van der Waals surface area contributed by atoms with Crippen molar-refractivity contribution in [2.75, 3.05) is 12.8 Å². The van der Waals surface area contributed by atoms with Gasteiger partial charge in [0.25, 0.3) is 0 Å². The van der Waals surface area contributed by atoms with Gasteiger partial charge in [-0.25, -0.2) is 4.68 Å². The number of anilines is 1. The zero-order valence-electron chi connectivity index (χ0n) is 9.34. The average molecular weight is 218 g/mol. The van der Waals surface area contributed by atoms with E-state index in [0.29, 0.717) is 18.2 Å². The molecule has 0 unspecified atom stereocenters. The third-order valence-electron chi connectivity index (χ3n) is 2.34. The maximum absolute atomic E-state index is 5.62. The Morgan fingerprint density at radius 2 is 2.25 bits per heavy atom. The molecule has 0 aliphatic rings. The molecule has 1 aromatic heterocycles. The normalized spacial score (nSPS) is 10.4. The van der Waals surface area contributed by atoms with E-state index in [-0.39, 0.29) is 0 Å². The van der Waals surface area contributed by atoms with E-state index >= 15 is 0 Å². The molecule has 1 aromatic carbocycles. The van der Waals surface area contributed by atoms with Crippen LogP contribution in [0, 0.1) is 0 Å². The van der Waals surface area contributed by atoms with Crippen molar-refractivity contribution in [1.82, 2.24) is 14.8 Å². The predicted octanol–water partition coefficient (Wildman–Crippen LogP) is 0.997. The summed E-state index contributed by atoms with van der Waals surface area (Å²) in [6.07, 6.45) is 0.655. The second kappa shape index (κ2) is 4.22. The lowest BCUT2D eigenvalue weighted by Gasteiger charge is -2.01. The van der Waals surface area contributed by atoms with Crippen LogP contribution in [-0.2, 0) is 13.5 Å². The first-order valence-corrected chi connectivity index (χ1v) is 4.97. The molecular formula is C11H14N4O. The third-order valence-corrected chi connectivity index (χ3v) is 2.34. The number of aromatic nitrogens is 3. The molecular weight excluding hydrogens is 204 g/mol. The molecule has 2 rings (SSSR count). The highest BCUT2D eigenvalue weighted by atomic mass is 16.5. The molecule has 2 aromatic rings. The van der Waals surface area contributed by atoms with E-state index in [4.69, 9.17) is 10.5 Å². The van der Waals surface area contributed by atoms with Crippen LogP contribution in [0.1, 0.15) is 11.4 Å². The number of rotatable bonds is 3. The zero-order chi connectivity index (χ0) is 11.5. The lowest BCUT2D eigenvalue weighted by Crippen LogP contribution is -1.97. The van der Waals surface area contributed by atoms with Gasteiger partial charge in [0.1, 0.15) is 5.75 Å². The fourth-order valence-electron chi connectivity index (χ4n) is 1.49. The fraction of sp³-hybridized carbons (Fsp3) is 0.273. The van der Waals surface area contributed by atoms with Gasteiger partial charge in [0.05, 0.1) is 7.11 Å². The summed E-state index contributed by atoms with van der Waals surface area (Å²) in [5, 5.41) is 4.20. The molecule has 0 amide bonds. The number of aryl methyl sites for hydroxylation is 1. The SMILES string of the molecule is COc1cccc(Cc2nc(N)n(C)n2)c1. The van der Waals surface area contributed by atoms with Crippen molar-refractivity contribution in [1.29, 1.82) is 0 Å². The van der Waals surface area contributed by atoms with Gasteiger partial charge in [-0.3, -0.25) is 0 Å². The van der Waals surface area contributed by atoms with Crippen LogP contribution in [0.2, 0.25) is 0 Å². The van der Waals surface area contributed by atoms with Crippen LogP contribution in [0.15, 0.2) is 24.3 Å². The fourth-order valence-corrected chi connectivity index (χ4v) is 1.49. The summed E-state index contributed by atoms with van der Waals surface area (Å²) in [6, 6.07) is 7.83. The highest BCUT2D eigenvalue weighted by Gasteiger charge is 2.05. The molecule has 16 heavy (non-hydrogen) atoms. The van der Waals surface area contributed by atoms with Crippen molar-refractivity contribution < 1.29 is 4.74 Å². The minimum absolute atomic E-state index is 0.429. The number of nitrogens with two attached hydrogens (primary N) is 1. The second-order valence-electron chi connectivity index (χ2n) is 3.54. The Hall–Kier alpha value is -2.04. The lowest BCUT2D eigenvalue weighted by atomic mass is 10.1. The number of hydrogen-bond donors (Lipinski definition) is 1. The number of methoxy groups -OCH3 is 1. The molecule has 5 heteroatoms. The Labute approximate surface area is 93.9 Å². The van der Waals surface area contributed by atoms with Crippen LogP contribution < -0.4 is 10.5 Å². The minimum atomic E-state index is 0.429. The Morgan fingerprint density at radius 3 is 2.88 bits per heavy atom. The maximum atomic E-state index is 5.62. The number of hydrogen-bond acceptors (Lipinski definition) is 4. The average Bonchev–Trinajstić information content (AvgIpc) is 2.58. The molecule has 0 spiro atoms. The van der Waals surface area contributed by atoms with Crippen molar-refractivity contribution in [2.24, 2.45) is 7.05 Å². The van der Waals surface area contributed by atoms with E-state index in [1.165, 1.54) is 0 Å². The quantitative estimate of drug-likeness (QED) is 0.834. The highest BCUT2D eigenvalue weighted by molar-refractivity contribution is 5.30. The van der Waals surface area contributed by atoms with Gasteiger partial charge >= 0.3 is 0 Å². The first kappa shape index (κ1) is 10.5. The zero-order valence-corrected chi connectivity index (χ0v) is 9.34. The first-order valence-electron chi connectivity index (χ1n) is 4.97. The molecule has 0 aliphatic heterocycles. The maximum Gasteiger partial charge on any atom is 0.218 e. The summed E-state index contributed by atoms with van der Waals surface area (Å²) in [7, 11) is 3.42. The van der Waals surface area contributed by atoms with Gasteiger partial charge in [-0.1, -0.05) is 12.1 Å². The van der Waals surface area contributed by atoms with Crippen LogP contribution in [0.5, 0.6) is 5.75 Å². The van der Waals surface area contributed by atoms with E-state index < -0.39 is 0 Å². The number of nitrogens with zero attached hydrogens (tertiary/aromatic N) is 3. The smallest absolute Gasteiger partial charge is 0.218 e. The van der Waals surface area contributed by atoms with Gasteiger partial charge in [-0.15, -0.1) is 0 Å². The molecule has 0 fully saturated rings. The second-order valence-corrected chi connectivity index (χ2v) is 3.54. The van der Waals surface area contributed by atoms with Crippen LogP contribution in [0.3, 0.4) is 0 Å². The minimum Gasteiger partial charge on any atom is -0.497 e. The molecule has 84 valence electrons. The van der Waals surface area contributed by atoms with E-state index in [0.717, 1.165) is 11.3 Å². The van der Waals surface area contributed by atoms with Crippen molar-refractivity contribution in [3.63, 3.8) is 0 Å². The van der Waals surface area contributed by atoms with Crippen molar-refractivity contribution >= 4 is 5.95 Å². The number of ether oxygens (including phenoxy) is 1. The summed E-state index contributed by atoms with van der Waals surface area (Å²) in [4.78, 5) is 4.15. The Bertz CT molecular complexity index is 473. The highest BCUT2D eigenvalue weighted by Crippen LogP contribution is 2.15. The van der Waals surface area contributed by atoms with Gasteiger partial charge in [-0.2, -0.15) is 10.1 Å². The number of benzene rings is 1. The third kappa shape index (κ3) is 2.13. The van der Waals surface area contributed by atoms with Crippen molar-refractivity contribution in [3.05, 3.63) is 35.7 Å². The molecule has 0 saturated heterocycles. The van der Waals surface area contributed by atoms with Gasteiger partial charge in [0, 0.05) is 13.5 Å². The van der Waals surface area contributed by atoms with E-state index in [9.17, 15) is 0 Å². The standard InChI is InChI=1S/C11H14N4O/c1-15-11(12)13-10(14-15)7-8-4-3-5-9(6-8)16-2/h3-6H,7H2,1-2H3,(H2,12,13,14). The summed E-state index contributed by atoms with van der Waals surface area (Å²) < 4.78 is 6.72. The Balaban J connectivity index is 2.20. The monoisotopic (exact) mass is 218 g/mol. The largest absolute Gasteiger partial charge is 0.497 e. The molecule has 1 heterocycles. The Morgan fingerprint density at radius 1 is 1.44 bits per heavy atom. The van der Waals surface area contributed by atoms with Gasteiger partial charge < -0.3 is 10.5 Å². The molecule has 0 saturated carbocycles. The van der Waals surface area contributed by atoms with Crippen molar-refractivity contribution in [3.8, 4) is 5.75 Å². The molecule has 2 N–H and O–H groups in total. The lowest BCUT2D eigenvalue weighted by molar-refractivity contribution is 0.414. The van der Waals surface area contributed by atoms with Crippen LogP contribution in [-0.4, -0.2) is 21.9 Å². The summed E-state index contributed by atoms with van der Waals surface area (Å²) in [5.41, 5.74) is 6.72. The van der Waals surface area contributed by atoms with Gasteiger partial charge in [-0.05, 0) is 17.7 Å². The van der Waals surface area contributed by atoms with E-state index in [1.54, 1.807) is 18.8 Å². The molecule has 5 nitrogen and oxygen atoms in total. The number of nitrogen functional groups attached to an aromatic ring is 1. The molecule has 0 radical (unpaired) electrons. The summed E-state index contributed by atoms with van der Waals surface area (Å²) >= 11 is 0. The summed E-state index contributed by atoms with van der Waals surface area (Å²) in [6.45, 7) is 0.